The predicted molar refractivity (Wildman–Crippen MR) is 226 cm³/mol. The number of pyridine rings is 1. The molecule has 0 N–H and O–H groups in total. The number of nitrogens with zero attached hydrogens (tertiary/aromatic N) is 1. The highest BCUT2D eigenvalue weighted by atomic mass is 19.4. The van der Waals surface area contributed by atoms with Gasteiger partial charge >= 0.3 is 61.3 Å². The van der Waals surface area contributed by atoms with Crippen molar-refractivity contribution in [2.45, 2.75) is 56.0 Å². The average Bonchev–Trinajstić information content (AvgIpc) is 3.31. The molecular formula is C48H28BF24NO4. The largest absolute Gasteiger partial charge is 0.465 e. The van der Waals surface area contributed by atoms with Crippen LogP contribution in [0.3, 0.4) is 0 Å². The monoisotopic (exact) mass is 1150 g/mol. The second kappa shape index (κ2) is 21.4. The second-order valence-corrected chi connectivity index (χ2v) is 16.6. The first-order valence-corrected chi connectivity index (χ1v) is 21.0. The molecule has 5 nitrogen and oxygen atoms in total. The maximum Gasteiger partial charge on any atom is 0.416 e. The van der Waals surface area contributed by atoms with Crippen LogP contribution < -0.4 is 26.4 Å². The Hall–Kier alpha value is -7.43. The zero-order valence-electron chi connectivity index (χ0n) is 38.5. The number of benzene rings is 5. The molecule has 78 heavy (non-hydrogen) atoms. The molecule has 0 amide bonds. The quantitative estimate of drug-likeness (QED) is 0.0290. The van der Waals surface area contributed by atoms with Crippen molar-refractivity contribution in [3.63, 3.8) is 0 Å². The first-order valence-electron chi connectivity index (χ1n) is 21.0. The van der Waals surface area contributed by atoms with Gasteiger partial charge in [0.15, 0.2) is 18.9 Å². The molecule has 0 unspecified atom stereocenters. The maximum atomic E-state index is 14.2. The van der Waals surface area contributed by atoms with Crippen LogP contribution in [0.2, 0.25) is 0 Å². The van der Waals surface area contributed by atoms with Gasteiger partial charge in [-0.2, -0.15) is 127 Å². The Kier molecular flexibility index (Phi) is 16.9. The van der Waals surface area contributed by atoms with Gasteiger partial charge in [-0.25, -0.2) is 14.2 Å². The van der Waals surface area contributed by atoms with Crippen LogP contribution in [0, 0.1) is 0 Å². The third kappa shape index (κ3) is 14.0. The number of halogens is 24. The summed E-state index contributed by atoms with van der Waals surface area (Å²) in [6.45, 7) is 0.365. The second-order valence-electron chi connectivity index (χ2n) is 16.6. The van der Waals surface area contributed by atoms with E-state index in [1.807, 2.05) is 47.3 Å². The number of ether oxygens (including phenoxy) is 2. The van der Waals surface area contributed by atoms with Crippen LogP contribution in [0.5, 0.6) is 0 Å². The summed E-state index contributed by atoms with van der Waals surface area (Å²) in [4.78, 5) is 23.1. The van der Waals surface area contributed by atoms with Crippen LogP contribution >= 0.6 is 0 Å². The van der Waals surface area contributed by atoms with Crippen molar-refractivity contribution in [3.05, 3.63) is 172 Å². The zero-order chi connectivity index (χ0) is 59.2. The smallest absolute Gasteiger partial charge is 0.416 e. The van der Waals surface area contributed by atoms with Crippen molar-refractivity contribution in [2.24, 2.45) is 0 Å². The number of methoxy groups -OCH3 is 2. The molecule has 1 heterocycles. The van der Waals surface area contributed by atoms with E-state index in [1.165, 1.54) is 20.3 Å². The summed E-state index contributed by atoms with van der Waals surface area (Å²) in [6, 6.07) is 1.10. The van der Waals surface area contributed by atoms with Gasteiger partial charge in [0, 0.05) is 17.5 Å². The van der Waals surface area contributed by atoms with E-state index in [2.05, 4.69) is 9.47 Å². The van der Waals surface area contributed by atoms with Crippen LogP contribution in [0.15, 0.2) is 127 Å². The van der Waals surface area contributed by atoms with E-state index in [0.717, 1.165) is 10.8 Å². The van der Waals surface area contributed by atoms with E-state index >= 15 is 0 Å². The molecule has 0 saturated heterocycles. The van der Waals surface area contributed by atoms with E-state index in [-0.39, 0.29) is 5.57 Å². The van der Waals surface area contributed by atoms with Gasteiger partial charge in [0.05, 0.1) is 58.7 Å². The molecule has 0 saturated carbocycles. The fourth-order valence-electron chi connectivity index (χ4n) is 8.03. The van der Waals surface area contributed by atoms with Crippen molar-refractivity contribution in [2.75, 3.05) is 14.2 Å². The van der Waals surface area contributed by atoms with Gasteiger partial charge in [-0.1, -0.05) is 66.7 Å². The summed E-state index contributed by atoms with van der Waals surface area (Å²) >= 11 is 0. The lowest BCUT2D eigenvalue weighted by Gasteiger charge is -2.46. The molecule has 0 bridgehead atoms. The number of alkyl halides is 24. The summed E-state index contributed by atoms with van der Waals surface area (Å²) in [5, 5.41) is 2.20. The van der Waals surface area contributed by atoms with E-state index in [0.29, 0.717) is 6.54 Å². The molecular weight excluding hydrogens is 1120 g/mol. The lowest BCUT2D eigenvalue weighted by atomic mass is 9.12. The minimum absolute atomic E-state index is 0.111. The maximum absolute atomic E-state index is 14.2. The van der Waals surface area contributed by atoms with Crippen LogP contribution in [0.25, 0.3) is 10.8 Å². The molecule has 30 heteroatoms. The normalized spacial score (nSPS) is 13.2. The van der Waals surface area contributed by atoms with E-state index in [1.54, 1.807) is 0 Å². The number of carbonyl (C=O) groups excluding carboxylic acids is 2. The Bertz CT molecular complexity index is 2780. The van der Waals surface area contributed by atoms with E-state index in [4.69, 9.17) is 0 Å². The third-order valence-corrected chi connectivity index (χ3v) is 11.5. The number of allylic oxidation sites excluding steroid dienone is 1. The fraction of sp³-hybridized carbons (Fsp3) is 0.229. The van der Waals surface area contributed by atoms with Gasteiger partial charge < -0.3 is 9.47 Å². The van der Waals surface area contributed by atoms with Crippen molar-refractivity contribution in [3.8, 4) is 0 Å². The van der Waals surface area contributed by atoms with Gasteiger partial charge in [0.2, 0.25) is 0 Å². The SMILES string of the molecule is COC(=O)C(=CC[n+]1ccc2ccccc2c1)C(=O)OC.FC(F)(F)c1cc([B-](c2cc(C(F)(F)F)cc(C(F)(F)F)c2)(c2cc(C(F)(F)F)cc(C(F)(F)F)c2)c2cc(C(F)(F)F)cc(C(F)(F)F)c2)cc(C(F)(F)F)c1. The van der Waals surface area contributed by atoms with Crippen LogP contribution in [-0.4, -0.2) is 32.3 Å². The Balaban J connectivity index is 0.000000443. The summed E-state index contributed by atoms with van der Waals surface area (Å²) in [5.41, 5.74) is -30.3. The number of hydrogen-bond acceptors (Lipinski definition) is 4. The summed E-state index contributed by atoms with van der Waals surface area (Å²) in [7, 11) is 2.45. The molecule has 6 aromatic rings. The molecule has 0 spiro atoms. The third-order valence-electron chi connectivity index (χ3n) is 11.5. The zero-order valence-corrected chi connectivity index (χ0v) is 38.5. The van der Waals surface area contributed by atoms with Gasteiger partial charge in [0.1, 0.15) is 11.7 Å². The first-order chi connectivity index (χ1) is 35.4. The Morgan fingerprint density at radius 3 is 0.872 bits per heavy atom. The highest BCUT2D eigenvalue weighted by molar-refractivity contribution is 7.20. The van der Waals surface area contributed by atoms with Crippen LogP contribution in [0.4, 0.5) is 105 Å². The van der Waals surface area contributed by atoms with Crippen molar-refractivity contribution in [1.82, 2.24) is 0 Å². The van der Waals surface area contributed by atoms with Gasteiger partial charge in [-0.05, 0) is 35.7 Å². The topological polar surface area (TPSA) is 56.5 Å². The molecule has 1 aromatic heterocycles. The molecule has 0 aliphatic rings. The number of carbonyl (C=O) groups is 2. The number of hydrogen-bond donors (Lipinski definition) is 0. The lowest BCUT2D eigenvalue weighted by molar-refractivity contribution is -0.685. The minimum Gasteiger partial charge on any atom is -0.465 e. The van der Waals surface area contributed by atoms with Gasteiger partial charge in [0.25, 0.3) is 0 Å². The van der Waals surface area contributed by atoms with Crippen molar-refractivity contribution < 1.29 is 129 Å². The number of fused-ring (bicyclic) bond motifs is 1. The molecule has 0 aliphatic heterocycles. The Morgan fingerprint density at radius 1 is 0.397 bits per heavy atom. The Morgan fingerprint density at radius 2 is 0.641 bits per heavy atom. The molecule has 0 aliphatic carbocycles. The highest BCUT2D eigenvalue weighted by Crippen LogP contribution is 2.41. The predicted octanol–water partition coefficient (Wildman–Crippen LogP) is 12.6. The van der Waals surface area contributed by atoms with Gasteiger partial charge in [-0.3, -0.25) is 0 Å². The molecule has 0 radical (unpaired) electrons. The summed E-state index contributed by atoms with van der Waals surface area (Å²) < 4.78 is 352. The number of esters is 2. The minimum atomic E-state index is -6.13. The van der Waals surface area contributed by atoms with E-state index in [9.17, 15) is 115 Å². The van der Waals surface area contributed by atoms with Crippen LogP contribution in [0.1, 0.15) is 44.5 Å². The molecule has 6 rings (SSSR count). The molecule has 0 atom stereocenters. The standard InChI is InChI=1S/C32H12BF24.C16H16NO4/c34-25(35,36)13-1-14(26(37,38)39)6-21(5-13)33(22-7-15(27(40,41)42)2-16(8-22)28(43,44)45,23-9-17(29(46,47)48)3-18(10-23)30(49,50)51)24-11-19(31(52,53)54)4-20(12-24)32(55,56)57;1-20-15(18)14(16(19)21-2)8-10-17-9-7-12-5-3-4-6-13(12)11-17/h1-12H;3-9,11H,10H2,1-2H3/q-1;+1. The first kappa shape index (κ1) is 61.4. The average molecular weight is 1150 g/mol. The number of aromatic nitrogens is 1. The highest BCUT2D eigenvalue weighted by Gasteiger charge is 2.47. The fourth-order valence-corrected chi connectivity index (χ4v) is 8.03. The van der Waals surface area contributed by atoms with Crippen molar-refractivity contribution >= 4 is 50.7 Å². The Labute approximate surface area is 421 Å². The van der Waals surface area contributed by atoms with E-state index < -0.39 is 207 Å². The molecule has 5 aromatic carbocycles. The van der Waals surface area contributed by atoms with Crippen molar-refractivity contribution in [1.29, 1.82) is 0 Å². The van der Waals surface area contributed by atoms with Gasteiger partial charge in [-0.15, -0.1) is 0 Å². The van der Waals surface area contributed by atoms with Crippen LogP contribution in [-0.2, 0) is 75.0 Å². The lowest BCUT2D eigenvalue weighted by Crippen LogP contribution is -2.75. The number of rotatable bonds is 8. The summed E-state index contributed by atoms with van der Waals surface area (Å²) in [5.74, 6) is -1.41. The molecule has 420 valence electrons. The summed E-state index contributed by atoms with van der Waals surface area (Å²) in [6.07, 6.45) is -49.5. The molecule has 0 fully saturated rings.